The van der Waals surface area contributed by atoms with Crippen molar-refractivity contribution in [3.05, 3.63) is 35.9 Å². The minimum atomic E-state index is -0.302. The summed E-state index contributed by atoms with van der Waals surface area (Å²) in [5.74, 6) is -0.331. The van der Waals surface area contributed by atoms with Crippen LogP contribution in [-0.4, -0.2) is 69.6 Å². The lowest BCUT2D eigenvalue weighted by Crippen LogP contribution is -2.48. The van der Waals surface area contributed by atoms with E-state index in [4.69, 9.17) is 0 Å². The quantitative estimate of drug-likeness (QED) is 0.814. The highest BCUT2D eigenvalue weighted by Gasteiger charge is 2.27. The molecule has 1 N–H and O–H groups in total. The van der Waals surface area contributed by atoms with Crippen LogP contribution in [0.3, 0.4) is 0 Å². The second kappa shape index (κ2) is 6.92. The van der Waals surface area contributed by atoms with E-state index in [-0.39, 0.29) is 29.4 Å². The summed E-state index contributed by atoms with van der Waals surface area (Å²) in [5, 5.41) is 2.81. The second-order valence-corrected chi connectivity index (χ2v) is 6.30. The molecule has 0 aliphatic carbocycles. The van der Waals surface area contributed by atoms with Gasteiger partial charge in [-0.2, -0.15) is 0 Å². The van der Waals surface area contributed by atoms with E-state index in [1.54, 1.807) is 38.6 Å². The van der Waals surface area contributed by atoms with E-state index < -0.39 is 0 Å². The Labute approximate surface area is 145 Å². The lowest BCUT2D eigenvalue weighted by Gasteiger charge is -2.32. The highest BCUT2D eigenvalue weighted by molar-refractivity contribution is 6.02. The van der Waals surface area contributed by atoms with Gasteiger partial charge < -0.3 is 15.1 Å². The van der Waals surface area contributed by atoms with Gasteiger partial charge in [0.2, 0.25) is 12.2 Å². The molecule has 0 atom stereocenters. The normalized spacial score (nSPS) is 14.8. The van der Waals surface area contributed by atoms with E-state index in [0.29, 0.717) is 31.7 Å². The van der Waals surface area contributed by atoms with Crippen molar-refractivity contribution in [2.24, 2.45) is 0 Å². The Bertz CT molecular complexity index is 806. The molecule has 1 aliphatic heterocycles. The molecule has 0 radical (unpaired) electrons. The van der Waals surface area contributed by atoms with Crippen LogP contribution in [0.5, 0.6) is 0 Å². The van der Waals surface area contributed by atoms with Gasteiger partial charge in [0, 0.05) is 38.4 Å². The molecule has 2 aromatic rings. The molecule has 132 valence electrons. The summed E-state index contributed by atoms with van der Waals surface area (Å²) in [6, 6.07) is 5.34. The van der Waals surface area contributed by atoms with Crippen LogP contribution in [0, 0.1) is 0 Å². The molecule has 8 heteroatoms. The first-order valence-electron chi connectivity index (χ1n) is 8.28. The molecular weight excluding hydrogens is 322 g/mol. The third-order valence-electron chi connectivity index (χ3n) is 4.13. The van der Waals surface area contributed by atoms with Crippen molar-refractivity contribution < 1.29 is 14.4 Å². The van der Waals surface area contributed by atoms with E-state index in [1.165, 1.54) is 0 Å². The first-order chi connectivity index (χ1) is 12.0. The second-order valence-electron chi connectivity index (χ2n) is 6.30. The zero-order valence-corrected chi connectivity index (χ0v) is 14.3. The molecule has 25 heavy (non-hydrogen) atoms. The Morgan fingerprint density at radius 3 is 2.56 bits per heavy atom. The third-order valence-corrected chi connectivity index (χ3v) is 4.13. The number of nitrogens with zero attached hydrogens (tertiary/aromatic N) is 4. The van der Waals surface area contributed by atoms with Gasteiger partial charge in [-0.3, -0.25) is 18.8 Å². The van der Waals surface area contributed by atoms with Crippen molar-refractivity contribution in [3.8, 4) is 0 Å². The number of rotatable bonds is 4. The van der Waals surface area contributed by atoms with Crippen LogP contribution in [0.2, 0.25) is 0 Å². The molecular formula is C17H21N5O3. The molecule has 3 amide bonds. The van der Waals surface area contributed by atoms with Gasteiger partial charge in [0.25, 0.3) is 11.8 Å². The molecule has 0 unspecified atom stereocenters. The highest BCUT2D eigenvalue weighted by atomic mass is 16.2. The van der Waals surface area contributed by atoms with Crippen LogP contribution in [0.25, 0.3) is 5.52 Å². The molecule has 0 aromatic carbocycles. The number of hydrogen-bond acceptors (Lipinski definition) is 4. The van der Waals surface area contributed by atoms with Gasteiger partial charge >= 0.3 is 0 Å². The van der Waals surface area contributed by atoms with Crippen LogP contribution in [0.4, 0.5) is 0 Å². The Morgan fingerprint density at radius 2 is 1.92 bits per heavy atom. The molecule has 3 rings (SSSR count). The van der Waals surface area contributed by atoms with Crippen LogP contribution in [0.1, 0.15) is 35.0 Å². The molecule has 8 nitrogen and oxygen atoms in total. The fourth-order valence-corrected chi connectivity index (χ4v) is 2.86. The lowest BCUT2D eigenvalue weighted by molar-refractivity contribution is -0.119. The topological polar surface area (TPSA) is 87.0 Å². The van der Waals surface area contributed by atoms with Crippen LogP contribution in [0.15, 0.2) is 24.4 Å². The number of carbonyl (C=O) groups is 3. The SMILES string of the molecule is CC(C)NC(=O)c1nc(C(=O)N2CCN(C=O)CC2)n2ccccc12. The predicted molar refractivity (Wildman–Crippen MR) is 91.3 cm³/mol. The fourth-order valence-electron chi connectivity index (χ4n) is 2.86. The van der Waals surface area contributed by atoms with E-state index in [0.717, 1.165) is 6.41 Å². The van der Waals surface area contributed by atoms with Crippen LogP contribution >= 0.6 is 0 Å². The van der Waals surface area contributed by atoms with Crippen LogP contribution in [-0.2, 0) is 4.79 Å². The summed E-state index contributed by atoms with van der Waals surface area (Å²) in [7, 11) is 0. The smallest absolute Gasteiger partial charge is 0.290 e. The maximum Gasteiger partial charge on any atom is 0.290 e. The molecule has 0 bridgehead atoms. The molecule has 0 spiro atoms. The maximum atomic E-state index is 12.9. The van der Waals surface area contributed by atoms with Gasteiger partial charge in [-0.15, -0.1) is 0 Å². The summed E-state index contributed by atoms with van der Waals surface area (Å²) in [5.41, 5.74) is 0.833. The summed E-state index contributed by atoms with van der Waals surface area (Å²) < 4.78 is 1.64. The minimum absolute atomic E-state index is 0.0245. The van der Waals surface area contributed by atoms with E-state index >= 15 is 0 Å². The molecule has 3 heterocycles. The van der Waals surface area contributed by atoms with Crippen molar-refractivity contribution in [1.29, 1.82) is 0 Å². The Hall–Kier alpha value is -2.90. The minimum Gasteiger partial charge on any atom is -0.348 e. The maximum absolute atomic E-state index is 12.9. The van der Waals surface area contributed by atoms with Gasteiger partial charge in [-0.25, -0.2) is 4.98 Å². The molecule has 0 saturated carbocycles. The number of pyridine rings is 1. The number of amides is 3. The number of carbonyl (C=O) groups excluding carboxylic acids is 3. The molecule has 2 aromatic heterocycles. The fraction of sp³-hybridized carbons (Fsp3) is 0.412. The first-order valence-corrected chi connectivity index (χ1v) is 8.28. The highest BCUT2D eigenvalue weighted by Crippen LogP contribution is 2.16. The monoisotopic (exact) mass is 343 g/mol. The summed E-state index contributed by atoms with van der Waals surface area (Å²) >= 11 is 0. The number of imidazole rings is 1. The van der Waals surface area contributed by atoms with Crippen molar-refractivity contribution in [2.75, 3.05) is 26.2 Å². The predicted octanol–water partition coefficient (Wildman–Crippen LogP) is 0.387. The average Bonchev–Trinajstić information content (AvgIpc) is 3.00. The summed E-state index contributed by atoms with van der Waals surface area (Å²) in [6.07, 6.45) is 2.52. The van der Waals surface area contributed by atoms with Crippen molar-refractivity contribution in [3.63, 3.8) is 0 Å². The van der Waals surface area contributed by atoms with E-state index in [2.05, 4.69) is 10.3 Å². The molecule has 1 saturated heterocycles. The summed E-state index contributed by atoms with van der Waals surface area (Å²) in [6.45, 7) is 5.64. The average molecular weight is 343 g/mol. The van der Waals surface area contributed by atoms with Gasteiger partial charge in [0.1, 0.15) is 0 Å². The number of nitrogens with one attached hydrogen (secondary N) is 1. The van der Waals surface area contributed by atoms with Crippen molar-refractivity contribution in [1.82, 2.24) is 24.5 Å². The molecule has 1 aliphatic rings. The largest absolute Gasteiger partial charge is 0.348 e. The Morgan fingerprint density at radius 1 is 1.20 bits per heavy atom. The van der Waals surface area contributed by atoms with Gasteiger partial charge in [0.15, 0.2) is 5.69 Å². The Balaban J connectivity index is 1.92. The standard InChI is InChI=1S/C17H21N5O3/c1-12(2)18-16(24)14-13-5-3-4-6-22(13)15(19-14)17(25)21-9-7-20(11-23)8-10-21/h3-6,11-12H,7-10H2,1-2H3,(H,18,24). The zero-order valence-electron chi connectivity index (χ0n) is 14.3. The van der Waals surface area contributed by atoms with Gasteiger partial charge in [-0.1, -0.05) is 6.07 Å². The lowest BCUT2D eigenvalue weighted by atomic mass is 10.3. The Kier molecular flexibility index (Phi) is 4.69. The van der Waals surface area contributed by atoms with Crippen LogP contribution < -0.4 is 5.32 Å². The molecule has 1 fully saturated rings. The van der Waals surface area contributed by atoms with Gasteiger partial charge in [-0.05, 0) is 26.0 Å². The van der Waals surface area contributed by atoms with E-state index in [1.807, 2.05) is 13.8 Å². The summed E-state index contributed by atoms with van der Waals surface area (Å²) in [4.78, 5) is 43.7. The third kappa shape index (κ3) is 3.33. The van der Waals surface area contributed by atoms with E-state index in [9.17, 15) is 14.4 Å². The first kappa shape index (κ1) is 16.9. The zero-order chi connectivity index (χ0) is 18.0. The number of fused-ring (bicyclic) bond motifs is 1. The van der Waals surface area contributed by atoms with Crippen molar-refractivity contribution >= 4 is 23.7 Å². The van der Waals surface area contributed by atoms with Gasteiger partial charge in [0.05, 0.1) is 5.52 Å². The number of aromatic nitrogens is 2. The van der Waals surface area contributed by atoms with Crippen molar-refractivity contribution in [2.45, 2.75) is 19.9 Å². The number of piperazine rings is 1. The number of hydrogen-bond donors (Lipinski definition) is 1.